The standard InChI is InChI=1S/C20H24N4OS/c1-14(2)17-8-10-18(11-9-17)25-12-19-22-23-20(24(19)21)26-13-16-6-4-15(3)5-7-16/h4-11,14H,12-13,21H2,1-3H3. The maximum atomic E-state index is 6.11. The SMILES string of the molecule is Cc1ccc(CSc2nnc(COc3ccc(C(C)C)cc3)n2N)cc1. The fourth-order valence-electron chi connectivity index (χ4n) is 2.43. The molecule has 5 nitrogen and oxygen atoms in total. The molecule has 0 aliphatic carbocycles. The van der Waals surface area contributed by atoms with Crippen LogP contribution in [0.25, 0.3) is 0 Å². The topological polar surface area (TPSA) is 66.0 Å². The van der Waals surface area contributed by atoms with Gasteiger partial charge in [0, 0.05) is 5.75 Å². The summed E-state index contributed by atoms with van der Waals surface area (Å²) >= 11 is 1.56. The van der Waals surface area contributed by atoms with Crippen LogP contribution in [-0.4, -0.2) is 14.9 Å². The van der Waals surface area contributed by atoms with Crippen LogP contribution in [0.5, 0.6) is 5.75 Å². The maximum absolute atomic E-state index is 6.11. The summed E-state index contributed by atoms with van der Waals surface area (Å²) in [5.41, 5.74) is 3.77. The minimum Gasteiger partial charge on any atom is -0.486 e. The maximum Gasteiger partial charge on any atom is 0.210 e. The highest BCUT2D eigenvalue weighted by Crippen LogP contribution is 2.22. The van der Waals surface area contributed by atoms with E-state index in [2.05, 4.69) is 67.4 Å². The first kappa shape index (κ1) is 18.3. The number of rotatable bonds is 7. The molecule has 0 atom stereocenters. The first-order valence-electron chi connectivity index (χ1n) is 8.63. The van der Waals surface area contributed by atoms with Gasteiger partial charge in [-0.2, -0.15) is 0 Å². The number of aromatic nitrogens is 3. The highest BCUT2D eigenvalue weighted by molar-refractivity contribution is 7.98. The van der Waals surface area contributed by atoms with Gasteiger partial charge >= 0.3 is 0 Å². The van der Waals surface area contributed by atoms with E-state index in [0.29, 0.717) is 16.9 Å². The Morgan fingerprint density at radius 1 is 1.04 bits per heavy atom. The molecule has 6 heteroatoms. The molecular weight excluding hydrogens is 344 g/mol. The van der Waals surface area contributed by atoms with Gasteiger partial charge in [0.15, 0.2) is 5.82 Å². The average Bonchev–Trinajstić information content (AvgIpc) is 3.00. The van der Waals surface area contributed by atoms with Gasteiger partial charge in [0.05, 0.1) is 0 Å². The molecule has 136 valence electrons. The quantitative estimate of drug-likeness (QED) is 0.498. The lowest BCUT2D eigenvalue weighted by molar-refractivity contribution is 0.291. The lowest BCUT2D eigenvalue weighted by Gasteiger charge is -2.09. The van der Waals surface area contributed by atoms with Crippen LogP contribution in [0, 0.1) is 6.92 Å². The van der Waals surface area contributed by atoms with Crippen molar-refractivity contribution >= 4 is 11.8 Å². The van der Waals surface area contributed by atoms with Gasteiger partial charge in [0.2, 0.25) is 5.16 Å². The molecule has 2 aromatic carbocycles. The van der Waals surface area contributed by atoms with Crippen LogP contribution in [-0.2, 0) is 12.4 Å². The van der Waals surface area contributed by atoms with E-state index in [-0.39, 0.29) is 6.61 Å². The molecule has 0 radical (unpaired) electrons. The van der Waals surface area contributed by atoms with Gasteiger partial charge in [-0.05, 0) is 36.1 Å². The van der Waals surface area contributed by atoms with E-state index in [1.54, 1.807) is 11.8 Å². The highest BCUT2D eigenvalue weighted by atomic mass is 32.2. The van der Waals surface area contributed by atoms with Crippen LogP contribution in [0.1, 0.15) is 42.3 Å². The van der Waals surface area contributed by atoms with E-state index in [1.807, 2.05) is 12.1 Å². The molecule has 0 fully saturated rings. The summed E-state index contributed by atoms with van der Waals surface area (Å²) in [5.74, 6) is 8.81. The Hall–Kier alpha value is -2.47. The zero-order valence-corrected chi connectivity index (χ0v) is 16.2. The average molecular weight is 369 g/mol. The van der Waals surface area contributed by atoms with Crippen molar-refractivity contribution in [3.63, 3.8) is 0 Å². The van der Waals surface area contributed by atoms with Gasteiger partial charge in [-0.15, -0.1) is 10.2 Å². The number of nitrogens with two attached hydrogens (primary N) is 1. The van der Waals surface area contributed by atoms with E-state index >= 15 is 0 Å². The predicted octanol–water partition coefficient (Wildman–Crippen LogP) is 4.30. The molecule has 0 unspecified atom stereocenters. The molecule has 1 heterocycles. The molecule has 3 rings (SSSR count). The monoisotopic (exact) mass is 368 g/mol. The molecule has 26 heavy (non-hydrogen) atoms. The summed E-state index contributed by atoms with van der Waals surface area (Å²) in [6, 6.07) is 16.5. The van der Waals surface area contributed by atoms with Crippen molar-refractivity contribution in [3.05, 3.63) is 71.0 Å². The molecule has 0 amide bonds. The van der Waals surface area contributed by atoms with Crippen molar-refractivity contribution in [3.8, 4) is 5.75 Å². The smallest absolute Gasteiger partial charge is 0.210 e. The number of aryl methyl sites for hydroxylation is 1. The number of nitrogen functional groups attached to an aromatic ring is 1. The summed E-state index contributed by atoms with van der Waals surface area (Å²) < 4.78 is 7.29. The van der Waals surface area contributed by atoms with Crippen molar-refractivity contribution in [1.82, 2.24) is 14.9 Å². The second kappa shape index (κ2) is 8.27. The summed E-state index contributed by atoms with van der Waals surface area (Å²) in [6.45, 7) is 6.71. The minimum absolute atomic E-state index is 0.287. The zero-order chi connectivity index (χ0) is 18.5. The molecular formula is C20H24N4OS. The number of hydrogen-bond donors (Lipinski definition) is 1. The van der Waals surface area contributed by atoms with Crippen LogP contribution in [0.3, 0.4) is 0 Å². The van der Waals surface area contributed by atoms with E-state index in [1.165, 1.54) is 21.4 Å². The molecule has 2 N–H and O–H groups in total. The van der Waals surface area contributed by atoms with Gasteiger partial charge < -0.3 is 10.6 Å². The second-order valence-electron chi connectivity index (χ2n) is 6.56. The van der Waals surface area contributed by atoms with Crippen molar-refractivity contribution < 1.29 is 4.74 Å². The normalized spacial score (nSPS) is 11.1. The third kappa shape index (κ3) is 4.58. The van der Waals surface area contributed by atoms with Gasteiger partial charge in [-0.1, -0.05) is 67.6 Å². The number of hydrogen-bond acceptors (Lipinski definition) is 5. The summed E-state index contributed by atoms with van der Waals surface area (Å²) in [5, 5.41) is 8.99. The number of nitrogens with zero attached hydrogens (tertiary/aromatic N) is 3. The summed E-state index contributed by atoms with van der Waals surface area (Å²) in [7, 11) is 0. The number of thioether (sulfide) groups is 1. The minimum atomic E-state index is 0.287. The van der Waals surface area contributed by atoms with Crippen LogP contribution in [0.2, 0.25) is 0 Å². The van der Waals surface area contributed by atoms with Gasteiger partial charge in [0.1, 0.15) is 12.4 Å². The largest absolute Gasteiger partial charge is 0.486 e. The molecule has 3 aromatic rings. The molecule has 0 saturated carbocycles. The second-order valence-corrected chi connectivity index (χ2v) is 7.50. The number of ether oxygens (including phenoxy) is 1. The Morgan fingerprint density at radius 2 is 1.73 bits per heavy atom. The van der Waals surface area contributed by atoms with Gasteiger partial charge in [-0.3, -0.25) is 0 Å². The van der Waals surface area contributed by atoms with Crippen LogP contribution >= 0.6 is 11.8 Å². The summed E-state index contributed by atoms with van der Waals surface area (Å²) in [4.78, 5) is 0. The van der Waals surface area contributed by atoms with E-state index < -0.39 is 0 Å². The first-order valence-corrected chi connectivity index (χ1v) is 9.62. The highest BCUT2D eigenvalue weighted by Gasteiger charge is 2.11. The van der Waals surface area contributed by atoms with Crippen molar-refractivity contribution in [1.29, 1.82) is 0 Å². The lowest BCUT2D eigenvalue weighted by Crippen LogP contribution is -2.15. The molecule has 0 bridgehead atoms. The van der Waals surface area contributed by atoms with Crippen LogP contribution in [0.4, 0.5) is 0 Å². The Morgan fingerprint density at radius 3 is 2.38 bits per heavy atom. The Balaban J connectivity index is 1.57. The predicted molar refractivity (Wildman–Crippen MR) is 106 cm³/mol. The van der Waals surface area contributed by atoms with Crippen LogP contribution in [0.15, 0.2) is 53.7 Å². The van der Waals surface area contributed by atoms with E-state index in [0.717, 1.165) is 11.5 Å². The lowest BCUT2D eigenvalue weighted by atomic mass is 10.0. The van der Waals surface area contributed by atoms with Gasteiger partial charge in [0.25, 0.3) is 0 Å². The van der Waals surface area contributed by atoms with Crippen molar-refractivity contribution in [2.24, 2.45) is 0 Å². The Bertz CT molecular complexity index is 841. The summed E-state index contributed by atoms with van der Waals surface area (Å²) in [6.07, 6.45) is 0. The zero-order valence-electron chi connectivity index (χ0n) is 15.3. The third-order valence-corrected chi connectivity index (χ3v) is 5.15. The Labute approximate surface area is 158 Å². The van der Waals surface area contributed by atoms with Crippen LogP contribution < -0.4 is 10.6 Å². The Kier molecular flexibility index (Phi) is 5.83. The third-order valence-electron chi connectivity index (χ3n) is 4.14. The molecule has 0 saturated heterocycles. The molecule has 1 aromatic heterocycles. The molecule has 0 aliphatic rings. The van der Waals surface area contributed by atoms with Crippen molar-refractivity contribution in [2.45, 2.75) is 44.2 Å². The van der Waals surface area contributed by atoms with E-state index in [4.69, 9.17) is 10.6 Å². The fourth-order valence-corrected chi connectivity index (χ4v) is 3.26. The fraction of sp³-hybridized carbons (Fsp3) is 0.300. The van der Waals surface area contributed by atoms with Gasteiger partial charge in [-0.25, -0.2) is 4.68 Å². The van der Waals surface area contributed by atoms with Crippen molar-refractivity contribution in [2.75, 3.05) is 5.84 Å². The van der Waals surface area contributed by atoms with E-state index in [9.17, 15) is 0 Å². The molecule has 0 aliphatic heterocycles. The first-order chi connectivity index (χ1) is 12.5. The number of benzene rings is 2. The molecule has 0 spiro atoms.